The first-order chi connectivity index (χ1) is 12.2. The number of carbonyl (C=O) groups excluding carboxylic acids is 1. The highest BCUT2D eigenvalue weighted by atomic mass is 79.9. The van der Waals surface area contributed by atoms with Gasteiger partial charge in [-0.2, -0.15) is 0 Å². The van der Waals surface area contributed by atoms with Crippen molar-refractivity contribution in [3.05, 3.63) is 39.1 Å². The van der Waals surface area contributed by atoms with Crippen molar-refractivity contribution in [3.63, 3.8) is 0 Å². The molecule has 0 spiro atoms. The molecule has 1 aliphatic rings. The van der Waals surface area contributed by atoms with Crippen molar-refractivity contribution >= 4 is 44.3 Å². The van der Waals surface area contributed by atoms with Crippen molar-refractivity contribution in [2.75, 3.05) is 26.3 Å². The van der Waals surface area contributed by atoms with Gasteiger partial charge in [0, 0.05) is 12.7 Å². The molecule has 0 aromatic carbocycles. The Bertz CT molecular complexity index is 898. The lowest BCUT2D eigenvalue weighted by Crippen LogP contribution is -2.48. The number of aromatic nitrogens is 4. The van der Waals surface area contributed by atoms with E-state index in [0.717, 1.165) is 3.79 Å². The molecule has 1 fully saturated rings. The second-order valence-electron chi connectivity index (χ2n) is 5.45. The van der Waals surface area contributed by atoms with Crippen molar-refractivity contribution in [2.24, 2.45) is 0 Å². The number of hydrogen-bond donors (Lipinski definition) is 0. The fourth-order valence-electron chi connectivity index (χ4n) is 2.58. The molecule has 0 N–H and O–H groups in total. The molecule has 1 unspecified atom stereocenters. The van der Waals surface area contributed by atoms with E-state index in [0.29, 0.717) is 35.7 Å². The van der Waals surface area contributed by atoms with Crippen LogP contribution >= 0.6 is 27.3 Å². The Balaban J connectivity index is 1.39. The highest BCUT2D eigenvalue weighted by Crippen LogP contribution is 2.24. The summed E-state index contributed by atoms with van der Waals surface area (Å²) in [6.07, 6.45) is 1.42. The van der Waals surface area contributed by atoms with E-state index in [1.807, 2.05) is 18.2 Å². The van der Waals surface area contributed by atoms with E-state index in [4.69, 9.17) is 9.57 Å². The van der Waals surface area contributed by atoms with E-state index in [1.54, 1.807) is 17.2 Å². The van der Waals surface area contributed by atoms with Crippen LogP contribution in [0.15, 0.2) is 34.2 Å². The van der Waals surface area contributed by atoms with E-state index < -0.39 is 0 Å². The van der Waals surface area contributed by atoms with Crippen LogP contribution in [0.4, 0.5) is 0 Å². The number of fused-ring (bicyclic) bond motifs is 1. The molecule has 0 saturated carbocycles. The number of morpholine rings is 1. The average molecular weight is 424 g/mol. The molecular weight excluding hydrogens is 410 g/mol. The first kappa shape index (κ1) is 16.4. The standard InChI is InChI=1S/C15H14BrN5O3S/c16-13-4-3-12(25-13)15(22)20-6-7-23-10(8-20)9-24-21-14-11(18-19-21)2-1-5-17-14/h1-5,10H,6-9H2. The Morgan fingerprint density at radius 2 is 2.36 bits per heavy atom. The van der Waals surface area contributed by atoms with Gasteiger partial charge in [0.1, 0.15) is 18.2 Å². The molecule has 1 amide bonds. The second kappa shape index (κ2) is 7.06. The molecule has 4 rings (SSSR count). The minimum atomic E-state index is -0.232. The quantitative estimate of drug-likeness (QED) is 0.633. The van der Waals surface area contributed by atoms with Crippen LogP contribution in [0.5, 0.6) is 0 Å². The molecule has 0 aliphatic carbocycles. The summed E-state index contributed by atoms with van der Waals surface area (Å²) in [6.45, 7) is 1.77. The van der Waals surface area contributed by atoms with E-state index in [2.05, 4.69) is 31.2 Å². The third-order valence-corrected chi connectivity index (χ3v) is 5.39. The fourth-order valence-corrected chi connectivity index (χ4v) is 3.93. The molecule has 0 bridgehead atoms. The molecule has 25 heavy (non-hydrogen) atoms. The Hall–Kier alpha value is -2.04. The van der Waals surface area contributed by atoms with Gasteiger partial charge in [0.2, 0.25) is 5.65 Å². The van der Waals surface area contributed by atoms with Crippen LogP contribution in [0.3, 0.4) is 0 Å². The zero-order valence-electron chi connectivity index (χ0n) is 13.0. The van der Waals surface area contributed by atoms with Crippen molar-refractivity contribution in [1.29, 1.82) is 0 Å². The molecule has 4 heterocycles. The first-order valence-corrected chi connectivity index (χ1v) is 9.27. The van der Waals surface area contributed by atoms with Gasteiger partial charge in [-0.3, -0.25) is 4.79 Å². The van der Waals surface area contributed by atoms with E-state index in [-0.39, 0.29) is 18.6 Å². The number of pyridine rings is 1. The molecule has 130 valence electrons. The number of nitrogens with zero attached hydrogens (tertiary/aromatic N) is 5. The predicted molar refractivity (Wildman–Crippen MR) is 94.4 cm³/mol. The number of carbonyl (C=O) groups is 1. The van der Waals surface area contributed by atoms with Crippen LogP contribution in [0.2, 0.25) is 0 Å². The summed E-state index contributed by atoms with van der Waals surface area (Å²) in [5, 5.41) is 7.91. The number of amides is 1. The second-order valence-corrected chi connectivity index (χ2v) is 7.92. The van der Waals surface area contributed by atoms with Gasteiger partial charge in [-0.25, -0.2) is 4.98 Å². The largest absolute Gasteiger partial charge is 0.391 e. The third kappa shape index (κ3) is 3.51. The molecule has 3 aromatic rings. The number of rotatable bonds is 4. The van der Waals surface area contributed by atoms with Gasteiger partial charge in [-0.15, -0.1) is 16.4 Å². The summed E-state index contributed by atoms with van der Waals surface area (Å²) < 4.78 is 6.64. The van der Waals surface area contributed by atoms with Crippen molar-refractivity contribution in [3.8, 4) is 0 Å². The molecule has 8 nitrogen and oxygen atoms in total. The summed E-state index contributed by atoms with van der Waals surface area (Å²) >= 11 is 4.81. The maximum atomic E-state index is 12.5. The van der Waals surface area contributed by atoms with Crippen LogP contribution in [0, 0.1) is 0 Å². The molecule has 10 heteroatoms. The van der Waals surface area contributed by atoms with Crippen molar-refractivity contribution in [1.82, 2.24) is 25.0 Å². The maximum Gasteiger partial charge on any atom is 0.264 e. The number of halogens is 1. The molecule has 1 saturated heterocycles. The SMILES string of the molecule is O=C(c1ccc(Br)s1)N1CCOC(COn2nnc3cccnc32)C1. The van der Waals surface area contributed by atoms with Gasteiger partial charge < -0.3 is 14.5 Å². The molecular formula is C15H14BrN5O3S. The number of hydrogen-bond acceptors (Lipinski definition) is 7. The summed E-state index contributed by atoms with van der Waals surface area (Å²) in [4.78, 5) is 26.2. The summed E-state index contributed by atoms with van der Waals surface area (Å²) in [7, 11) is 0. The first-order valence-electron chi connectivity index (χ1n) is 7.66. The molecule has 0 radical (unpaired) electrons. The van der Waals surface area contributed by atoms with Crippen LogP contribution in [0.25, 0.3) is 11.2 Å². The van der Waals surface area contributed by atoms with E-state index in [9.17, 15) is 4.79 Å². The molecule has 1 atom stereocenters. The van der Waals surface area contributed by atoms with Crippen molar-refractivity contribution in [2.45, 2.75) is 6.10 Å². The summed E-state index contributed by atoms with van der Waals surface area (Å²) in [6, 6.07) is 7.30. The van der Waals surface area contributed by atoms with E-state index in [1.165, 1.54) is 16.2 Å². The minimum absolute atomic E-state index is 0.0110. The highest BCUT2D eigenvalue weighted by Gasteiger charge is 2.26. The lowest BCUT2D eigenvalue weighted by atomic mass is 10.2. The maximum absolute atomic E-state index is 12.5. The summed E-state index contributed by atoms with van der Waals surface area (Å²) in [5.41, 5.74) is 1.21. The lowest BCUT2D eigenvalue weighted by molar-refractivity contribution is -0.0679. The van der Waals surface area contributed by atoms with Crippen molar-refractivity contribution < 1.29 is 14.4 Å². The Labute approximate surface area is 155 Å². The molecule has 1 aliphatic heterocycles. The predicted octanol–water partition coefficient (Wildman–Crippen LogP) is 1.62. The van der Waals surface area contributed by atoms with E-state index >= 15 is 0 Å². The Morgan fingerprint density at radius 3 is 3.20 bits per heavy atom. The van der Waals surface area contributed by atoms with Gasteiger partial charge in [-0.05, 0) is 45.4 Å². The van der Waals surface area contributed by atoms with Crippen LogP contribution in [0.1, 0.15) is 9.67 Å². The normalized spacial score (nSPS) is 17.8. The van der Waals surface area contributed by atoms with Crippen LogP contribution in [-0.4, -0.2) is 63.4 Å². The monoisotopic (exact) mass is 423 g/mol. The zero-order chi connectivity index (χ0) is 17.2. The van der Waals surface area contributed by atoms with Crippen LogP contribution in [-0.2, 0) is 4.74 Å². The number of ether oxygens (including phenoxy) is 1. The molecule has 3 aromatic heterocycles. The third-order valence-electron chi connectivity index (χ3n) is 3.77. The Kier molecular flexibility index (Phi) is 4.64. The minimum Gasteiger partial charge on any atom is -0.391 e. The Morgan fingerprint density at radius 1 is 1.44 bits per heavy atom. The average Bonchev–Trinajstić information content (AvgIpc) is 3.26. The smallest absolute Gasteiger partial charge is 0.264 e. The van der Waals surface area contributed by atoms with Gasteiger partial charge in [0.05, 0.1) is 21.8 Å². The fraction of sp³-hybridized carbons (Fsp3) is 0.333. The topological polar surface area (TPSA) is 82.4 Å². The number of thiophene rings is 1. The zero-order valence-corrected chi connectivity index (χ0v) is 15.4. The van der Waals surface area contributed by atoms with Gasteiger partial charge in [-0.1, -0.05) is 4.85 Å². The highest BCUT2D eigenvalue weighted by molar-refractivity contribution is 9.11. The van der Waals surface area contributed by atoms with Gasteiger partial charge in [0.15, 0.2) is 0 Å². The van der Waals surface area contributed by atoms with Crippen LogP contribution < -0.4 is 4.84 Å². The summed E-state index contributed by atoms with van der Waals surface area (Å²) in [5.74, 6) is 0.0110. The lowest BCUT2D eigenvalue weighted by Gasteiger charge is -2.32. The van der Waals surface area contributed by atoms with Gasteiger partial charge in [0.25, 0.3) is 5.91 Å². The van der Waals surface area contributed by atoms with Gasteiger partial charge >= 0.3 is 0 Å².